The Morgan fingerprint density at radius 3 is 2.63 bits per heavy atom. The average molecular weight is 282 g/mol. The molecule has 3 heteroatoms. The second kappa shape index (κ2) is 6.97. The van der Waals surface area contributed by atoms with Crippen LogP contribution >= 0.6 is 12.4 Å². The summed E-state index contributed by atoms with van der Waals surface area (Å²) in [5, 5.41) is 9.64. The lowest BCUT2D eigenvalue weighted by atomic mass is 9.79. The average Bonchev–Trinajstić information content (AvgIpc) is 2.31. The van der Waals surface area contributed by atoms with Crippen LogP contribution in [0, 0.1) is 11.8 Å². The Morgan fingerprint density at radius 1 is 1.26 bits per heavy atom. The summed E-state index contributed by atoms with van der Waals surface area (Å²) in [7, 11) is 4.25. The minimum Gasteiger partial charge on any atom is -0.508 e. The number of aromatic hydroxyl groups is 1. The van der Waals surface area contributed by atoms with Crippen LogP contribution in [0.3, 0.4) is 0 Å². The van der Waals surface area contributed by atoms with E-state index in [0.717, 1.165) is 6.54 Å². The largest absolute Gasteiger partial charge is 0.508 e. The van der Waals surface area contributed by atoms with E-state index >= 15 is 0 Å². The first-order chi connectivity index (χ1) is 8.56. The summed E-state index contributed by atoms with van der Waals surface area (Å²) >= 11 is 0. The SMILES string of the molecule is C[C@H]1C=C(c2cccc(O)c2)[C@@H](CN(C)C)CC1.Cl. The van der Waals surface area contributed by atoms with E-state index in [4.69, 9.17) is 0 Å². The highest BCUT2D eigenvalue weighted by molar-refractivity contribution is 5.85. The number of allylic oxidation sites excluding steroid dienone is 1. The molecule has 19 heavy (non-hydrogen) atoms. The molecule has 0 amide bonds. The fraction of sp³-hybridized carbons (Fsp3) is 0.500. The van der Waals surface area contributed by atoms with Gasteiger partial charge in [0.15, 0.2) is 0 Å². The summed E-state index contributed by atoms with van der Waals surface area (Å²) in [6.45, 7) is 3.35. The first-order valence-corrected chi connectivity index (χ1v) is 6.72. The van der Waals surface area contributed by atoms with E-state index in [1.807, 2.05) is 12.1 Å². The third-order valence-electron chi connectivity index (χ3n) is 3.64. The maximum absolute atomic E-state index is 9.64. The van der Waals surface area contributed by atoms with Crippen molar-refractivity contribution in [3.8, 4) is 5.75 Å². The van der Waals surface area contributed by atoms with Gasteiger partial charge in [-0.05, 0) is 62.0 Å². The zero-order valence-corrected chi connectivity index (χ0v) is 12.8. The molecule has 0 heterocycles. The minimum atomic E-state index is 0. The summed E-state index contributed by atoms with van der Waals surface area (Å²) in [6.07, 6.45) is 4.88. The molecule has 0 saturated heterocycles. The number of rotatable bonds is 3. The van der Waals surface area contributed by atoms with Crippen molar-refractivity contribution in [3.05, 3.63) is 35.9 Å². The van der Waals surface area contributed by atoms with Crippen LogP contribution in [-0.4, -0.2) is 30.6 Å². The maximum atomic E-state index is 9.64. The molecule has 1 aromatic rings. The molecule has 106 valence electrons. The van der Waals surface area contributed by atoms with E-state index in [0.29, 0.717) is 17.6 Å². The van der Waals surface area contributed by atoms with E-state index in [9.17, 15) is 5.11 Å². The zero-order chi connectivity index (χ0) is 13.1. The number of phenols is 1. The van der Waals surface area contributed by atoms with Gasteiger partial charge in [-0.25, -0.2) is 0 Å². The van der Waals surface area contributed by atoms with Crippen LogP contribution in [-0.2, 0) is 0 Å². The van der Waals surface area contributed by atoms with Crippen LogP contribution in [0.5, 0.6) is 5.75 Å². The minimum absolute atomic E-state index is 0. The highest BCUT2D eigenvalue weighted by Gasteiger charge is 2.22. The first kappa shape index (κ1) is 16.1. The van der Waals surface area contributed by atoms with E-state index in [-0.39, 0.29) is 12.4 Å². The van der Waals surface area contributed by atoms with Gasteiger partial charge in [-0.2, -0.15) is 0 Å². The summed E-state index contributed by atoms with van der Waals surface area (Å²) in [5.41, 5.74) is 2.58. The van der Waals surface area contributed by atoms with Gasteiger partial charge >= 0.3 is 0 Å². The number of phenolic OH excluding ortho intramolecular Hbond substituents is 1. The van der Waals surface area contributed by atoms with Crippen molar-refractivity contribution in [3.63, 3.8) is 0 Å². The van der Waals surface area contributed by atoms with Crippen LogP contribution in [0.4, 0.5) is 0 Å². The molecule has 0 fully saturated rings. The third-order valence-corrected chi connectivity index (χ3v) is 3.64. The molecule has 2 rings (SSSR count). The Morgan fingerprint density at radius 2 is 2.00 bits per heavy atom. The summed E-state index contributed by atoms with van der Waals surface area (Å²) in [5.74, 6) is 1.58. The fourth-order valence-electron chi connectivity index (χ4n) is 2.79. The van der Waals surface area contributed by atoms with Gasteiger partial charge in [0.05, 0.1) is 0 Å². The lowest BCUT2D eigenvalue weighted by Gasteiger charge is -2.30. The predicted octanol–water partition coefficient (Wildman–Crippen LogP) is 3.81. The van der Waals surface area contributed by atoms with Gasteiger partial charge < -0.3 is 10.0 Å². The van der Waals surface area contributed by atoms with Gasteiger partial charge in [0, 0.05) is 6.54 Å². The molecule has 0 aliphatic heterocycles. The fourth-order valence-corrected chi connectivity index (χ4v) is 2.79. The lowest BCUT2D eigenvalue weighted by Crippen LogP contribution is -2.25. The van der Waals surface area contributed by atoms with Crippen molar-refractivity contribution in [1.29, 1.82) is 0 Å². The summed E-state index contributed by atoms with van der Waals surface area (Å²) in [4.78, 5) is 2.25. The molecule has 0 spiro atoms. The normalized spacial score (nSPS) is 22.8. The molecule has 0 radical (unpaired) electrons. The third kappa shape index (κ3) is 4.26. The molecule has 1 aliphatic rings. The van der Waals surface area contributed by atoms with Gasteiger partial charge in [0.25, 0.3) is 0 Å². The molecule has 1 aliphatic carbocycles. The molecule has 0 saturated carbocycles. The van der Waals surface area contributed by atoms with Gasteiger partial charge in [-0.3, -0.25) is 0 Å². The Balaban J connectivity index is 0.00000180. The number of hydrogen-bond acceptors (Lipinski definition) is 2. The Bertz CT molecular complexity index is 442. The molecular formula is C16H24ClNO. The monoisotopic (exact) mass is 281 g/mol. The van der Waals surface area contributed by atoms with E-state index in [1.165, 1.54) is 24.0 Å². The first-order valence-electron chi connectivity index (χ1n) is 6.72. The van der Waals surface area contributed by atoms with Crippen LogP contribution in [0.1, 0.15) is 25.3 Å². The van der Waals surface area contributed by atoms with Crippen molar-refractivity contribution in [1.82, 2.24) is 4.90 Å². The van der Waals surface area contributed by atoms with E-state index in [2.05, 4.69) is 38.1 Å². The zero-order valence-electron chi connectivity index (χ0n) is 12.0. The van der Waals surface area contributed by atoms with Gasteiger partial charge in [-0.1, -0.05) is 25.1 Å². The molecule has 0 bridgehead atoms. The van der Waals surface area contributed by atoms with Crippen molar-refractivity contribution in [2.45, 2.75) is 19.8 Å². The number of nitrogens with zero attached hydrogens (tertiary/aromatic N) is 1. The summed E-state index contributed by atoms with van der Waals surface area (Å²) < 4.78 is 0. The molecule has 2 nitrogen and oxygen atoms in total. The molecular weight excluding hydrogens is 258 g/mol. The van der Waals surface area contributed by atoms with Crippen LogP contribution in [0.15, 0.2) is 30.3 Å². The number of hydrogen-bond donors (Lipinski definition) is 1. The molecule has 2 atom stereocenters. The second-order valence-corrected chi connectivity index (χ2v) is 5.69. The number of halogens is 1. The van der Waals surface area contributed by atoms with E-state index in [1.54, 1.807) is 6.07 Å². The van der Waals surface area contributed by atoms with Crippen molar-refractivity contribution < 1.29 is 5.11 Å². The van der Waals surface area contributed by atoms with Crippen molar-refractivity contribution in [2.24, 2.45) is 11.8 Å². The van der Waals surface area contributed by atoms with Gasteiger partial charge in [0.2, 0.25) is 0 Å². The Labute approximate surface area is 122 Å². The molecule has 1 aromatic carbocycles. The van der Waals surface area contributed by atoms with Gasteiger partial charge in [0.1, 0.15) is 5.75 Å². The molecule has 0 aromatic heterocycles. The highest BCUT2D eigenvalue weighted by Crippen LogP contribution is 2.36. The quantitative estimate of drug-likeness (QED) is 0.911. The van der Waals surface area contributed by atoms with E-state index < -0.39 is 0 Å². The van der Waals surface area contributed by atoms with Crippen molar-refractivity contribution in [2.75, 3.05) is 20.6 Å². The standard InChI is InChI=1S/C16H23NO.ClH/c1-12-7-8-14(11-17(2)3)16(9-12)13-5-4-6-15(18)10-13;/h4-6,9-10,12,14,18H,7-8,11H2,1-3H3;1H/t12-,14-;/m1./s1. The molecule has 0 unspecified atom stereocenters. The second-order valence-electron chi connectivity index (χ2n) is 5.69. The topological polar surface area (TPSA) is 23.5 Å². The van der Waals surface area contributed by atoms with Crippen molar-refractivity contribution >= 4 is 18.0 Å². The highest BCUT2D eigenvalue weighted by atomic mass is 35.5. The Kier molecular flexibility index (Phi) is 5.89. The predicted molar refractivity (Wildman–Crippen MR) is 83.8 cm³/mol. The Hall–Kier alpha value is -0.990. The van der Waals surface area contributed by atoms with Crippen LogP contribution < -0.4 is 0 Å². The smallest absolute Gasteiger partial charge is 0.116 e. The number of benzene rings is 1. The lowest BCUT2D eigenvalue weighted by molar-refractivity contribution is 0.336. The van der Waals surface area contributed by atoms with Crippen LogP contribution in [0.2, 0.25) is 0 Å². The maximum Gasteiger partial charge on any atom is 0.116 e. The van der Waals surface area contributed by atoms with Gasteiger partial charge in [-0.15, -0.1) is 12.4 Å². The molecule has 1 N–H and O–H groups in total. The van der Waals surface area contributed by atoms with Crippen LogP contribution in [0.25, 0.3) is 5.57 Å². The summed E-state index contributed by atoms with van der Waals surface area (Å²) in [6, 6.07) is 7.65.